The van der Waals surface area contributed by atoms with Gasteiger partial charge in [-0.2, -0.15) is 0 Å². The maximum Gasteiger partial charge on any atom is 0.0944 e. The molecule has 0 saturated heterocycles. The van der Waals surface area contributed by atoms with Crippen molar-refractivity contribution in [2.24, 2.45) is 5.92 Å². The Bertz CT molecular complexity index is 284. The van der Waals surface area contributed by atoms with Crippen molar-refractivity contribution in [1.82, 2.24) is 9.59 Å². The Labute approximate surface area is 95.7 Å². The number of hydrogen-bond donors (Lipinski definition) is 1. The Morgan fingerprint density at radius 1 is 1.27 bits per heavy atom. The van der Waals surface area contributed by atoms with Crippen LogP contribution in [0, 0.1) is 5.92 Å². The number of nitrogens with zero attached hydrogens (tertiary/aromatic N) is 2. The molecule has 0 fully saturated rings. The van der Waals surface area contributed by atoms with E-state index in [2.05, 4.69) is 30.4 Å². The van der Waals surface area contributed by atoms with Crippen LogP contribution < -0.4 is 0 Å². The van der Waals surface area contributed by atoms with Crippen LogP contribution in [0.3, 0.4) is 0 Å². The van der Waals surface area contributed by atoms with Gasteiger partial charge in [-0.3, -0.25) is 0 Å². The molecule has 0 bridgehead atoms. The summed E-state index contributed by atoms with van der Waals surface area (Å²) in [5.74, 6) is 0.336. The van der Waals surface area contributed by atoms with Gasteiger partial charge < -0.3 is 5.11 Å². The molecule has 1 unspecified atom stereocenters. The quantitative estimate of drug-likeness (QED) is 0.814. The highest BCUT2D eigenvalue weighted by atomic mass is 32.1. The van der Waals surface area contributed by atoms with Crippen LogP contribution in [0.25, 0.3) is 0 Å². The first-order valence-electron chi connectivity index (χ1n) is 5.73. The van der Waals surface area contributed by atoms with Crippen molar-refractivity contribution >= 4 is 11.5 Å². The molecule has 1 aromatic heterocycles. The summed E-state index contributed by atoms with van der Waals surface area (Å²) in [4.78, 5) is 0.977. The van der Waals surface area contributed by atoms with E-state index in [1.54, 1.807) is 0 Å². The van der Waals surface area contributed by atoms with Crippen LogP contribution in [0.15, 0.2) is 0 Å². The van der Waals surface area contributed by atoms with E-state index in [0.29, 0.717) is 5.92 Å². The largest absolute Gasteiger partial charge is 0.387 e. The summed E-state index contributed by atoms with van der Waals surface area (Å²) in [6.45, 7) is 6.35. The second-order valence-electron chi connectivity index (χ2n) is 3.86. The summed E-state index contributed by atoms with van der Waals surface area (Å²) < 4.78 is 3.94. The van der Waals surface area contributed by atoms with E-state index in [1.807, 2.05) is 0 Å². The molecule has 4 heteroatoms. The topological polar surface area (TPSA) is 46.0 Å². The standard InChI is InChI=1S/C11H20N2OS/c1-4-7-9-11(15-13-12-9)10(14)8(5-2)6-3/h8,10,14H,4-7H2,1-3H3. The Kier molecular flexibility index (Phi) is 5.19. The molecule has 0 aliphatic rings. The van der Waals surface area contributed by atoms with Gasteiger partial charge in [-0.05, 0) is 23.9 Å². The van der Waals surface area contributed by atoms with Gasteiger partial charge in [0.05, 0.1) is 16.7 Å². The van der Waals surface area contributed by atoms with Gasteiger partial charge in [-0.1, -0.05) is 44.5 Å². The maximum absolute atomic E-state index is 10.2. The molecule has 0 aliphatic heterocycles. The Morgan fingerprint density at radius 3 is 2.47 bits per heavy atom. The Balaban J connectivity index is 2.79. The predicted octanol–water partition coefficient (Wildman–Crippen LogP) is 2.96. The lowest BCUT2D eigenvalue weighted by molar-refractivity contribution is 0.105. The third-order valence-electron chi connectivity index (χ3n) is 2.84. The predicted molar refractivity (Wildman–Crippen MR) is 62.9 cm³/mol. The minimum Gasteiger partial charge on any atom is -0.387 e. The molecule has 0 amide bonds. The lowest BCUT2D eigenvalue weighted by Crippen LogP contribution is -2.11. The summed E-state index contributed by atoms with van der Waals surface area (Å²) >= 11 is 1.35. The van der Waals surface area contributed by atoms with Gasteiger partial charge >= 0.3 is 0 Å². The normalized spacial score (nSPS) is 13.4. The number of aromatic nitrogens is 2. The number of hydrogen-bond acceptors (Lipinski definition) is 4. The highest BCUT2D eigenvalue weighted by Crippen LogP contribution is 2.31. The van der Waals surface area contributed by atoms with Crippen molar-refractivity contribution in [2.45, 2.75) is 52.6 Å². The second-order valence-corrected chi connectivity index (χ2v) is 4.64. The highest BCUT2D eigenvalue weighted by Gasteiger charge is 2.22. The average Bonchev–Trinajstić information content (AvgIpc) is 2.68. The monoisotopic (exact) mass is 228 g/mol. The average molecular weight is 228 g/mol. The molecule has 15 heavy (non-hydrogen) atoms. The van der Waals surface area contributed by atoms with Gasteiger partial charge in [-0.25, -0.2) is 0 Å². The van der Waals surface area contributed by atoms with E-state index in [-0.39, 0.29) is 6.10 Å². The van der Waals surface area contributed by atoms with Gasteiger partial charge in [-0.15, -0.1) is 5.10 Å². The van der Waals surface area contributed by atoms with Crippen LogP contribution in [-0.2, 0) is 6.42 Å². The Hall–Kier alpha value is -0.480. The number of aryl methyl sites for hydroxylation is 1. The van der Waals surface area contributed by atoms with Gasteiger partial charge in [0.2, 0.25) is 0 Å². The van der Waals surface area contributed by atoms with E-state index in [9.17, 15) is 5.11 Å². The molecule has 0 spiro atoms. The minimum atomic E-state index is -0.374. The molecule has 86 valence electrons. The van der Waals surface area contributed by atoms with Crippen molar-refractivity contribution in [3.63, 3.8) is 0 Å². The maximum atomic E-state index is 10.2. The summed E-state index contributed by atoms with van der Waals surface area (Å²) in [5, 5.41) is 14.3. The second kappa shape index (κ2) is 6.18. The van der Waals surface area contributed by atoms with E-state index in [0.717, 1.165) is 36.3 Å². The molecule has 0 aromatic carbocycles. The molecule has 1 N–H and O–H groups in total. The smallest absolute Gasteiger partial charge is 0.0944 e. The van der Waals surface area contributed by atoms with Crippen molar-refractivity contribution in [3.05, 3.63) is 10.6 Å². The number of aliphatic hydroxyl groups is 1. The lowest BCUT2D eigenvalue weighted by atomic mass is 9.94. The number of aliphatic hydroxyl groups excluding tert-OH is 1. The van der Waals surface area contributed by atoms with E-state index in [1.165, 1.54) is 11.5 Å². The lowest BCUT2D eigenvalue weighted by Gasteiger charge is -2.18. The number of rotatable bonds is 6. The fourth-order valence-electron chi connectivity index (χ4n) is 1.80. The third-order valence-corrected chi connectivity index (χ3v) is 3.67. The van der Waals surface area contributed by atoms with Gasteiger partial charge in [0.15, 0.2) is 0 Å². The zero-order valence-electron chi connectivity index (χ0n) is 9.73. The zero-order chi connectivity index (χ0) is 11.3. The van der Waals surface area contributed by atoms with Crippen molar-refractivity contribution in [3.8, 4) is 0 Å². The third kappa shape index (κ3) is 2.98. The fraction of sp³-hybridized carbons (Fsp3) is 0.818. The van der Waals surface area contributed by atoms with Crippen LogP contribution in [0.1, 0.15) is 56.7 Å². The van der Waals surface area contributed by atoms with Gasteiger partial charge in [0, 0.05) is 0 Å². The minimum absolute atomic E-state index is 0.336. The fourth-order valence-corrected chi connectivity index (χ4v) is 2.58. The molecule has 1 aromatic rings. The molecule has 1 atom stereocenters. The van der Waals surface area contributed by atoms with Gasteiger partial charge in [0.1, 0.15) is 0 Å². The summed E-state index contributed by atoms with van der Waals surface area (Å²) in [5.41, 5.74) is 0.988. The van der Waals surface area contributed by atoms with Crippen molar-refractivity contribution in [1.29, 1.82) is 0 Å². The van der Waals surface area contributed by atoms with Gasteiger partial charge in [0.25, 0.3) is 0 Å². The molecule has 0 aliphatic carbocycles. The van der Waals surface area contributed by atoms with Crippen molar-refractivity contribution in [2.75, 3.05) is 0 Å². The molecule has 1 heterocycles. The zero-order valence-corrected chi connectivity index (χ0v) is 10.5. The van der Waals surface area contributed by atoms with E-state index >= 15 is 0 Å². The first kappa shape index (κ1) is 12.6. The van der Waals surface area contributed by atoms with Crippen molar-refractivity contribution < 1.29 is 5.11 Å². The van der Waals surface area contributed by atoms with Crippen LogP contribution in [0.4, 0.5) is 0 Å². The molecule has 0 radical (unpaired) electrons. The van der Waals surface area contributed by atoms with E-state index < -0.39 is 0 Å². The Morgan fingerprint density at radius 2 is 1.93 bits per heavy atom. The van der Waals surface area contributed by atoms with Crippen LogP contribution >= 0.6 is 11.5 Å². The molecule has 3 nitrogen and oxygen atoms in total. The van der Waals surface area contributed by atoms with Crippen LogP contribution in [0.2, 0.25) is 0 Å². The first-order chi connectivity index (χ1) is 7.24. The summed E-state index contributed by atoms with van der Waals surface area (Å²) in [7, 11) is 0. The molecular formula is C11H20N2OS. The SMILES string of the molecule is CCCc1nnsc1C(O)C(CC)CC. The highest BCUT2D eigenvalue weighted by molar-refractivity contribution is 7.05. The molecular weight excluding hydrogens is 208 g/mol. The van der Waals surface area contributed by atoms with E-state index in [4.69, 9.17) is 0 Å². The summed E-state index contributed by atoms with van der Waals surface area (Å²) in [6.07, 6.45) is 3.60. The van der Waals surface area contributed by atoms with Crippen LogP contribution in [0.5, 0.6) is 0 Å². The molecule has 0 saturated carbocycles. The first-order valence-corrected chi connectivity index (χ1v) is 6.51. The van der Waals surface area contributed by atoms with Crippen LogP contribution in [-0.4, -0.2) is 14.7 Å². The summed E-state index contributed by atoms with van der Waals surface area (Å²) in [6, 6.07) is 0. The molecule has 1 rings (SSSR count).